The minimum atomic E-state index is -0.0311. The van der Waals surface area contributed by atoms with Crippen molar-refractivity contribution in [2.45, 2.75) is 13.5 Å². The van der Waals surface area contributed by atoms with Gasteiger partial charge in [0.05, 0.1) is 31.6 Å². The molecular weight excluding hydrogens is 408 g/mol. The maximum atomic E-state index is 12.9. The first-order valence-electron chi connectivity index (χ1n) is 10.4. The minimum absolute atomic E-state index is 0.0311. The van der Waals surface area contributed by atoms with E-state index in [0.29, 0.717) is 6.54 Å². The van der Waals surface area contributed by atoms with Crippen LogP contribution in [-0.2, 0) is 11.3 Å². The van der Waals surface area contributed by atoms with Crippen LogP contribution in [0, 0.1) is 6.92 Å². The van der Waals surface area contributed by atoms with Crippen molar-refractivity contribution in [2.75, 3.05) is 31.2 Å². The molecule has 0 atom stereocenters. The third kappa shape index (κ3) is 3.98. The molecule has 1 aliphatic rings. The molecule has 0 aliphatic carbocycles. The normalized spacial score (nSPS) is 14.3. The van der Waals surface area contributed by atoms with E-state index in [1.807, 2.05) is 36.8 Å². The number of fused-ring (bicyclic) bond motifs is 1. The number of pyridine rings is 2. The Hall–Kier alpha value is -3.03. The molecule has 0 bridgehead atoms. The molecule has 1 fully saturated rings. The fourth-order valence-electron chi connectivity index (χ4n) is 4.12. The summed E-state index contributed by atoms with van der Waals surface area (Å²) in [5, 5.41) is 0.981. The molecule has 0 N–H and O–H groups in total. The second kappa shape index (κ2) is 8.24. The van der Waals surface area contributed by atoms with E-state index in [2.05, 4.69) is 47.8 Å². The summed E-state index contributed by atoms with van der Waals surface area (Å²) >= 11 is 4.54. The Balaban J connectivity index is 1.51. The molecule has 7 heteroatoms. The van der Waals surface area contributed by atoms with E-state index < -0.39 is 0 Å². The second-order valence-corrected chi connectivity index (χ2v) is 8.35. The van der Waals surface area contributed by atoms with E-state index in [4.69, 9.17) is 4.74 Å². The van der Waals surface area contributed by atoms with Gasteiger partial charge in [-0.15, -0.1) is 0 Å². The van der Waals surface area contributed by atoms with E-state index in [9.17, 15) is 4.79 Å². The molecule has 1 saturated heterocycles. The van der Waals surface area contributed by atoms with Crippen LogP contribution in [0.15, 0.2) is 65.8 Å². The summed E-state index contributed by atoms with van der Waals surface area (Å²) in [6.07, 6.45) is 5.66. The summed E-state index contributed by atoms with van der Waals surface area (Å²) in [6.45, 7) is 5.74. The molecule has 1 aromatic carbocycles. The fourth-order valence-corrected chi connectivity index (χ4v) is 4.39. The third-order valence-corrected chi connectivity index (χ3v) is 6.03. The highest BCUT2D eigenvalue weighted by atomic mass is 32.1. The Kier molecular flexibility index (Phi) is 5.29. The molecule has 0 radical (unpaired) electrons. The molecule has 6 nitrogen and oxygen atoms in total. The van der Waals surface area contributed by atoms with Crippen molar-refractivity contribution in [1.82, 2.24) is 13.5 Å². The Morgan fingerprint density at radius 1 is 1.13 bits per heavy atom. The first-order chi connectivity index (χ1) is 15.1. The van der Waals surface area contributed by atoms with E-state index >= 15 is 0 Å². The van der Waals surface area contributed by atoms with Crippen LogP contribution >= 0.6 is 12.8 Å². The van der Waals surface area contributed by atoms with Gasteiger partial charge in [-0.3, -0.25) is 8.77 Å². The van der Waals surface area contributed by atoms with Crippen LogP contribution in [0.5, 0.6) is 0 Å². The van der Waals surface area contributed by atoms with Crippen LogP contribution in [0.3, 0.4) is 0 Å². The van der Waals surface area contributed by atoms with E-state index in [1.165, 1.54) is 5.56 Å². The maximum absolute atomic E-state index is 12.9. The molecule has 0 amide bonds. The third-order valence-electron chi connectivity index (χ3n) is 5.73. The average Bonchev–Trinajstić information content (AvgIpc) is 3.12. The molecule has 5 rings (SSSR count). The summed E-state index contributed by atoms with van der Waals surface area (Å²) in [5.74, 6) is 0. The van der Waals surface area contributed by atoms with Gasteiger partial charge >= 0.3 is 0 Å². The highest BCUT2D eigenvalue weighted by molar-refractivity contribution is 7.78. The topological polar surface area (TPSA) is 52.3 Å². The predicted octanol–water partition coefficient (Wildman–Crippen LogP) is 3.75. The molecule has 0 spiro atoms. The monoisotopic (exact) mass is 432 g/mol. The number of hydrogen-bond acceptors (Lipinski definition) is 5. The number of ether oxygens (including phenoxy) is 1. The lowest BCUT2D eigenvalue weighted by atomic mass is 10.1. The van der Waals surface area contributed by atoms with Crippen molar-refractivity contribution in [1.29, 1.82) is 0 Å². The van der Waals surface area contributed by atoms with E-state index in [1.54, 1.807) is 14.6 Å². The number of thiol groups is 1. The summed E-state index contributed by atoms with van der Waals surface area (Å²) in [5.41, 5.74) is 5.92. The van der Waals surface area contributed by atoms with Crippen LogP contribution in [0.4, 0.5) is 5.69 Å². The SMILES string of the molecule is Cc1cccc(Cn2ccc(-c3cn(S)c4ncc(N5CCOCC5)cc34)cc2=O)c1. The van der Waals surface area contributed by atoms with Gasteiger partial charge in [-0.05, 0) is 30.2 Å². The zero-order chi connectivity index (χ0) is 21.4. The van der Waals surface area contributed by atoms with Gasteiger partial charge < -0.3 is 14.2 Å². The second-order valence-electron chi connectivity index (χ2n) is 7.92. The van der Waals surface area contributed by atoms with Gasteiger partial charge in [-0.25, -0.2) is 4.98 Å². The van der Waals surface area contributed by atoms with Gasteiger partial charge in [0, 0.05) is 42.5 Å². The fraction of sp³-hybridized carbons (Fsp3) is 0.250. The van der Waals surface area contributed by atoms with Crippen LogP contribution in [0.2, 0.25) is 0 Å². The standard InChI is InChI=1S/C24H24N4O2S/c1-17-3-2-4-18(11-17)15-27-6-5-19(12-23(27)29)22-16-28(31)24-21(22)13-20(14-25-24)26-7-9-30-10-8-26/h2-6,11-14,16,31H,7-10,15H2,1H3. The summed E-state index contributed by atoms with van der Waals surface area (Å²) < 4.78 is 8.91. The number of nitrogens with zero attached hydrogens (tertiary/aromatic N) is 4. The summed E-state index contributed by atoms with van der Waals surface area (Å²) in [7, 11) is 0. The number of morpholine rings is 1. The highest BCUT2D eigenvalue weighted by Crippen LogP contribution is 2.32. The van der Waals surface area contributed by atoms with Crippen LogP contribution in [0.1, 0.15) is 11.1 Å². The van der Waals surface area contributed by atoms with Gasteiger partial charge in [0.2, 0.25) is 0 Å². The Morgan fingerprint density at radius 2 is 1.97 bits per heavy atom. The van der Waals surface area contributed by atoms with Gasteiger partial charge in [-0.1, -0.05) is 42.6 Å². The minimum Gasteiger partial charge on any atom is -0.378 e. The van der Waals surface area contributed by atoms with Crippen LogP contribution < -0.4 is 10.5 Å². The molecule has 31 heavy (non-hydrogen) atoms. The highest BCUT2D eigenvalue weighted by Gasteiger charge is 2.16. The smallest absolute Gasteiger partial charge is 0.251 e. The predicted molar refractivity (Wildman–Crippen MR) is 127 cm³/mol. The van der Waals surface area contributed by atoms with Gasteiger partial charge in [0.25, 0.3) is 5.56 Å². The number of benzene rings is 1. The lowest BCUT2D eigenvalue weighted by Crippen LogP contribution is -2.36. The van der Waals surface area contributed by atoms with Crippen molar-refractivity contribution in [3.63, 3.8) is 0 Å². The molecule has 4 heterocycles. The molecule has 0 saturated carbocycles. The lowest BCUT2D eigenvalue weighted by Gasteiger charge is -2.28. The average molecular weight is 433 g/mol. The van der Waals surface area contributed by atoms with Gasteiger partial charge in [0.15, 0.2) is 5.65 Å². The van der Waals surface area contributed by atoms with Gasteiger partial charge in [0.1, 0.15) is 0 Å². The Bertz CT molecular complexity index is 1300. The van der Waals surface area contributed by atoms with Gasteiger partial charge in [-0.2, -0.15) is 0 Å². The van der Waals surface area contributed by atoms with Crippen molar-refractivity contribution in [3.8, 4) is 11.1 Å². The molecule has 3 aromatic heterocycles. The number of rotatable bonds is 4. The number of hydrogen-bond donors (Lipinski definition) is 1. The largest absolute Gasteiger partial charge is 0.378 e. The number of anilines is 1. The summed E-state index contributed by atoms with van der Waals surface area (Å²) in [4.78, 5) is 19.8. The zero-order valence-corrected chi connectivity index (χ0v) is 18.3. The molecule has 0 unspecified atom stereocenters. The summed E-state index contributed by atoms with van der Waals surface area (Å²) in [6, 6.07) is 14.0. The van der Waals surface area contributed by atoms with Crippen LogP contribution in [-0.4, -0.2) is 39.8 Å². The van der Waals surface area contributed by atoms with E-state index in [0.717, 1.165) is 59.7 Å². The number of aryl methyl sites for hydroxylation is 1. The first-order valence-corrected chi connectivity index (χ1v) is 10.8. The number of aromatic nitrogens is 3. The van der Waals surface area contributed by atoms with Crippen molar-refractivity contribution < 1.29 is 4.74 Å². The zero-order valence-electron chi connectivity index (χ0n) is 17.4. The first kappa shape index (κ1) is 19.9. The van der Waals surface area contributed by atoms with Crippen molar-refractivity contribution in [3.05, 3.63) is 82.5 Å². The Labute approximate surface area is 186 Å². The molecule has 158 valence electrons. The van der Waals surface area contributed by atoms with Crippen LogP contribution in [0.25, 0.3) is 22.2 Å². The maximum Gasteiger partial charge on any atom is 0.251 e. The molecule has 4 aromatic rings. The van der Waals surface area contributed by atoms with Crippen molar-refractivity contribution in [2.24, 2.45) is 0 Å². The Morgan fingerprint density at radius 3 is 2.74 bits per heavy atom. The lowest BCUT2D eigenvalue weighted by molar-refractivity contribution is 0.122. The molecule has 1 aliphatic heterocycles. The van der Waals surface area contributed by atoms with Crippen molar-refractivity contribution >= 4 is 29.5 Å². The quantitative estimate of drug-likeness (QED) is 0.499. The molecular formula is C24H24N4O2S. The van der Waals surface area contributed by atoms with E-state index in [-0.39, 0.29) is 5.56 Å².